The fourth-order valence-electron chi connectivity index (χ4n) is 4.19. The summed E-state index contributed by atoms with van der Waals surface area (Å²) in [7, 11) is 0. The average molecular weight is 369 g/mol. The molecule has 1 N–H and O–H groups in total. The summed E-state index contributed by atoms with van der Waals surface area (Å²) in [5, 5.41) is 7.55. The molecule has 0 aliphatic carbocycles. The largest absolute Gasteiger partial charge is 0.352 e. The molecule has 27 heavy (non-hydrogen) atoms. The van der Waals surface area contributed by atoms with Crippen LogP contribution in [0.25, 0.3) is 5.69 Å². The van der Waals surface area contributed by atoms with Gasteiger partial charge in [0.25, 0.3) is 0 Å². The first-order chi connectivity index (χ1) is 13.0. The topological polar surface area (TPSA) is 50.2 Å². The van der Waals surface area contributed by atoms with Gasteiger partial charge < -0.3 is 10.2 Å². The molecular formula is C22H32N4O. The Labute approximate surface area is 162 Å². The molecule has 0 spiro atoms. The first-order valence-corrected chi connectivity index (χ1v) is 10.1. The first kappa shape index (κ1) is 19.6. The van der Waals surface area contributed by atoms with Crippen LogP contribution in [-0.4, -0.2) is 46.3 Å². The third-order valence-corrected chi connectivity index (χ3v) is 5.18. The van der Waals surface area contributed by atoms with Crippen molar-refractivity contribution in [2.24, 2.45) is 11.8 Å². The zero-order chi connectivity index (χ0) is 19.2. The number of hydrogen-bond acceptors (Lipinski definition) is 3. The molecule has 0 saturated carbocycles. The van der Waals surface area contributed by atoms with Crippen LogP contribution in [0.15, 0.2) is 42.7 Å². The molecule has 1 aliphatic rings. The van der Waals surface area contributed by atoms with Crippen LogP contribution in [0.1, 0.15) is 39.2 Å². The molecule has 146 valence electrons. The predicted molar refractivity (Wildman–Crippen MR) is 109 cm³/mol. The van der Waals surface area contributed by atoms with E-state index in [1.54, 1.807) is 0 Å². The summed E-state index contributed by atoms with van der Waals surface area (Å²) in [4.78, 5) is 14.8. The van der Waals surface area contributed by atoms with Gasteiger partial charge >= 0.3 is 0 Å². The van der Waals surface area contributed by atoms with Gasteiger partial charge in [-0.2, -0.15) is 5.10 Å². The average Bonchev–Trinajstić information content (AvgIpc) is 3.09. The first-order valence-electron chi connectivity index (χ1n) is 10.1. The standard InChI is InChI=1S/C22H32N4O/c1-17-11-18(2)14-25(13-17)15-19(3)24-22(27)10-9-20-12-23-26(16-20)21-7-5-4-6-8-21/h4-8,12,16-19H,9-11,13-15H2,1-3H3,(H,24,27). The number of nitrogens with zero attached hydrogens (tertiary/aromatic N) is 3. The van der Waals surface area contributed by atoms with Crippen LogP contribution in [-0.2, 0) is 11.2 Å². The van der Waals surface area contributed by atoms with Gasteiger partial charge in [0, 0.05) is 38.3 Å². The van der Waals surface area contributed by atoms with Gasteiger partial charge in [0.1, 0.15) is 0 Å². The van der Waals surface area contributed by atoms with E-state index in [0.29, 0.717) is 12.8 Å². The fourth-order valence-corrected chi connectivity index (χ4v) is 4.19. The third kappa shape index (κ3) is 5.93. The van der Waals surface area contributed by atoms with E-state index >= 15 is 0 Å². The zero-order valence-corrected chi connectivity index (χ0v) is 16.8. The highest BCUT2D eigenvalue weighted by Crippen LogP contribution is 2.20. The van der Waals surface area contributed by atoms with Crippen molar-refractivity contribution in [1.82, 2.24) is 20.0 Å². The second-order valence-corrected chi connectivity index (χ2v) is 8.26. The van der Waals surface area contributed by atoms with Crippen molar-refractivity contribution in [2.45, 2.75) is 46.1 Å². The monoisotopic (exact) mass is 368 g/mol. The normalized spacial score (nSPS) is 21.7. The van der Waals surface area contributed by atoms with Crippen LogP contribution in [0.3, 0.4) is 0 Å². The van der Waals surface area contributed by atoms with Crippen molar-refractivity contribution < 1.29 is 4.79 Å². The molecule has 3 atom stereocenters. The Morgan fingerprint density at radius 1 is 1.22 bits per heavy atom. The van der Waals surface area contributed by atoms with Gasteiger partial charge in [-0.1, -0.05) is 32.0 Å². The lowest BCUT2D eigenvalue weighted by Crippen LogP contribution is -2.47. The highest BCUT2D eigenvalue weighted by Gasteiger charge is 2.23. The van der Waals surface area contributed by atoms with E-state index in [0.717, 1.165) is 42.7 Å². The number of aromatic nitrogens is 2. The van der Waals surface area contributed by atoms with Crippen molar-refractivity contribution >= 4 is 5.91 Å². The Morgan fingerprint density at radius 3 is 2.63 bits per heavy atom. The van der Waals surface area contributed by atoms with E-state index in [2.05, 4.69) is 36.1 Å². The van der Waals surface area contributed by atoms with Gasteiger partial charge in [0.05, 0.1) is 11.9 Å². The van der Waals surface area contributed by atoms with E-state index in [1.165, 1.54) is 6.42 Å². The number of carbonyl (C=O) groups excluding carboxylic acids is 1. The summed E-state index contributed by atoms with van der Waals surface area (Å²) in [5.74, 6) is 1.61. The van der Waals surface area contributed by atoms with E-state index < -0.39 is 0 Å². The summed E-state index contributed by atoms with van der Waals surface area (Å²) >= 11 is 0. The molecule has 0 radical (unpaired) electrons. The van der Waals surface area contributed by atoms with Crippen molar-refractivity contribution in [1.29, 1.82) is 0 Å². The maximum atomic E-state index is 12.3. The number of hydrogen-bond donors (Lipinski definition) is 1. The molecule has 1 saturated heterocycles. The highest BCUT2D eigenvalue weighted by atomic mass is 16.1. The maximum Gasteiger partial charge on any atom is 0.220 e. The number of amides is 1. The van der Waals surface area contributed by atoms with Crippen LogP contribution in [0, 0.1) is 11.8 Å². The van der Waals surface area contributed by atoms with Gasteiger partial charge in [0.2, 0.25) is 5.91 Å². The Hall–Kier alpha value is -2.14. The lowest BCUT2D eigenvalue weighted by atomic mass is 9.92. The SMILES string of the molecule is CC1CC(C)CN(CC(C)NC(=O)CCc2cnn(-c3ccccc3)c2)C1. The Kier molecular flexibility index (Phi) is 6.67. The van der Waals surface area contributed by atoms with Crippen molar-refractivity contribution in [3.63, 3.8) is 0 Å². The highest BCUT2D eigenvalue weighted by molar-refractivity contribution is 5.76. The lowest BCUT2D eigenvalue weighted by molar-refractivity contribution is -0.121. The van der Waals surface area contributed by atoms with Crippen LogP contribution in [0.2, 0.25) is 0 Å². The van der Waals surface area contributed by atoms with Crippen LogP contribution < -0.4 is 5.32 Å². The van der Waals surface area contributed by atoms with Gasteiger partial charge in [-0.15, -0.1) is 0 Å². The van der Waals surface area contributed by atoms with E-state index in [1.807, 2.05) is 47.4 Å². The molecule has 5 heteroatoms. The number of rotatable bonds is 7. The number of para-hydroxylation sites is 1. The number of piperidine rings is 1. The summed E-state index contributed by atoms with van der Waals surface area (Å²) in [6, 6.07) is 10.2. The fraction of sp³-hybridized carbons (Fsp3) is 0.545. The molecule has 2 heterocycles. The molecule has 5 nitrogen and oxygen atoms in total. The minimum Gasteiger partial charge on any atom is -0.352 e. The van der Waals surface area contributed by atoms with Crippen molar-refractivity contribution in [3.8, 4) is 5.69 Å². The van der Waals surface area contributed by atoms with Crippen molar-refractivity contribution in [2.75, 3.05) is 19.6 Å². The Morgan fingerprint density at radius 2 is 1.93 bits per heavy atom. The molecule has 1 aromatic carbocycles. The summed E-state index contributed by atoms with van der Waals surface area (Å²) in [6.45, 7) is 9.97. The van der Waals surface area contributed by atoms with Gasteiger partial charge in [-0.25, -0.2) is 4.68 Å². The van der Waals surface area contributed by atoms with Crippen LogP contribution in [0.4, 0.5) is 0 Å². The smallest absolute Gasteiger partial charge is 0.220 e. The molecular weight excluding hydrogens is 336 g/mol. The summed E-state index contributed by atoms with van der Waals surface area (Å²) in [6.07, 6.45) is 6.37. The Balaban J connectivity index is 1.42. The quantitative estimate of drug-likeness (QED) is 0.816. The van der Waals surface area contributed by atoms with Crippen LogP contribution >= 0.6 is 0 Å². The number of aryl methyl sites for hydroxylation is 1. The third-order valence-electron chi connectivity index (χ3n) is 5.18. The summed E-state index contributed by atoms with van der Waals surface area (Å²) in [5.41, 5.74) is 2.12. The molecule has 1 aliphatic heterocycles. The van der Waals surface area contributed by atoms with Gasteiger partial charge in [-0.05, 0) is 49.3 Å². The molecule has 1 aromatic heterocycles. The van der Waals surface area contributed by atoms with E-state index in [-0.39, 0.29) is 11.9 Å². The predicted octanol–water partition coefficient (Wildman–Crippen LogP) is 3.29. The van der Waals surface area contributed by atoms with E-state index in [4.69, 9.17) is 0 Å². The second kappa shape index (κ2) is 9.18. The molecule has 0 bridgehead atoms. The second-order valence-electron chi connectivity index (χ2n) is 8.26. The number of benzene rings is 1. The number of carbonyl (C=O) groups is 1. The molecule has 2 aromatic rings. The molecule has 3 rings (SSSR count). The minimum atomic E-state index is 0.119. The number of nitrogens with one attached hydrogen (secondary N) is 1. The Bertz CT molecular complexity index is 717. The van der Waals surface area contributed by atoms with E-state index in [9.17, 15) is 4.79 Å². The van der Waals surface area contributed by atoms with Crippen molar-refractivity contribution in [3.05, 3.63) is 48.3 Å². The minimum absolute atomic E-state index is 0.119. The molecule has 3 unspecified atom stereocenters. The lowest BCUT2D eigenvalue weighted by Gasteiger charge is -2.36. The summed E-state index contributed by atoms with van der Waals surface area (Å²) < 4.78 is 1.86. The van der Waals surface area contributed by atoms with Gasteiger partial charge in [0.15, 0.2) is 0 Å². The molecule has 1 fully saturated rings. The maximum absolute atomic E-state index is 12.3. The van der Waals surface area contributed by atoms with Crippen LogP contribution in [0.5, 0.6) is 0 Å². The van der Waals surface area contributed by atoms with Gasteiger partial charge in [-0.3, -0.25) is 4.79 Å². The molecule has 1 amide bonds. The zero-order valence-electron chi connectivity index (χ0n) is 16.8. The number of likely N-dealkylation sites (tertiary alicyclic amines) is 1.